The van der Waals surface area contributed by atoms with Crippen molar-refractivity contribution in [1.82, 2.24) is 5.06 Å². The van der Waals surface area contributed by atoms with Crippen LogP contribution in [0.1, 0.15) is 85.1 Å². The molecule has 28 heavy (non-hydrogen) atoms. The lowest BCUT2D eigenvalue weighted by Crippen LogP contribution is -2.58. The summed E-state index contributed by atoms with van der Waals surface area (Å²) < 4.78 is 5.34. The highest BCUT2D eigenvalue weighted by Crippen LogP contribution is 2.38. The van der Waals surface area contributed by atoms with Gasteiger partial charge in [0.15, 0.2) is 0 Å². The smallest absolute Gasteiger partial charge is 0.302 e. The predicted molar refractivity (Wildman–Crippen MR) is 114 cm³/mol. The van der Waals surface area contributed by atoms with Gasteiger partial charge in [0.05, 0.1) is 13.2 Å². The molecule has 1 aliphatic heterocycles. The zero-order chi connectivity index (χ0) is 20.8. The maximum absolute atomic E-state index is 11.3. The van der Waals surface area contributed by atoms with E-state index in [0.717, 1.165) is 19.4 Å². The Kier molecular flexibility index (Phi) is 8.08. The van der Waals surface area contributed by atoms with Crippen LogP contribution in [-0.2, 0) is 14.4 Å². The van der Waals surface area contributed by atoms with Crippen LogP contribution in [0.25, 0.3) is 0 Å². The number of carbonyl (C=O) groups excluding carboxylic acids is 1. The van der Waals surface area contributed by atoms with E-state index in [0.29, 0.717) is 12.5 Å². The lowest BCUT2D eigenvalue weighted by atomic mass is 9.82. The van der Waals surface area contributed by atoms with Gasteiger partial charge in [-0.1, -0.05) is 37.3 Å². The molecule has 0 spiro atoms. The van der Waals surface area contributed by atoms with Gasteiger partial charge in [0.1, 0.15) is 0 Å². The average Bonchev–Trinajstić information content (AvgIpc) is 2.61. The summed E-state index contributed by atoms with van der Waals surface area (Å²) in [5.41, 5.74) is 1.38. The molecule has 0 bridgehead atoms. The van der Waals surface area contributed by atoms with Gasteiger partial charge in [0.2, 0.25) is 0 Å². The fourth-order valence-electron chi connectivity index (χ4n) is 4.52. The van der Waals surface area contributed by atoms with Crippen molar-refractivity contribution in [2.45, 2.75) is 90.6 Å². The first kappa shape index (κ1) is 22.9. The quantitative estimate of drug-likeness (QED) is 0.506. The predicted octanol–water partition coefficient (Wildman–Crippen LogP) is 5.72. The van der Waals surface area contributed by atoms with Crippen molar-refractivity contribution in [2.75, 3.05) is 13.2 Å². The molecule has 0 amide bonds. The Bertz CT molecular complexity index is 596. The molecular weight excluding hydrogens is 350 g/mol. The molecule has 2 rings (SSSR count). The van der Waals surface area contributed by atoms with Gasteiger partial charge in [0.25, 0.3) is 0 Å². The fraction of sp³-hybridized carbons (Fsp3) is 0.708. The Morgan fingerprint density at radius 3 is 2.29 bits per heavy atom. The first-order chi connectivity index (χ1) is 13.1. The number of piperidine rings is 1. The van der Waals surface area contributed by atoms with Gasteiger partial charge in [-0.05, 0) is 71.3 Å². The van der Waals surface area contributed by atoms with Crippen LogP contribution in [-0.4, -0.2) is 35.3 Å². The maximum atomic E-state index is 11.3. The van der Waals surface area contributed by atoms with Crippen molar-refractivity contribution in [3.8, 4) is 0 Å². The molecule has 0 aromatic heterocycles. The van der Waals surface area contributed by atoms with E-state index in [4.69, 9.17) is 9.57 Å². The Morgan fingerprint density at radius 2 is 1.71 bits per heavy atom. The minimum Gasteiger partial charge on any atom is -0.465 e. The van der Waals surface area contributed by atoms with E-state index in [9.17, 15) is 4.79 Å². The molecular formula is C24H39NO3. The lowest BCUT2D eigenvalue weighted by molar-refractivity contribution is -0.282. The minimum atomic E-state index is -0.216. The minimum absolute atomic E-state index is 0.0763. The van der Waals surface area contributed by atoms with Gasteiger partial charge in [-0.25, -0.2) is 0 Å². The molecule has 0 saturated carbocycles. The van der Waals surface area contributed by atoms with E-state index in [1.165, 1.54) is 31.7 Å². The van der Waals surface area contributed by atoms with E-state index >= 15 is 0 Å². The molecule has 1 aromatic rings. The Labute approximate surface area is 171 Å². The molecule has 1 heterocycles. The van der Waals surface area contributed by atoms with Gasteiger partial charge in [0, 0.05) is 23.9 Å². The van der Waals surface area contributed by atoms with Crippen LogP contribution in [0, 0.1) is 5.92 Å². The average molecular weight is 390 g/mol. The first-order valence-electron chi connectivity index (χ1n) is 10.7. The molecule has 2 unspecified atom stereocenters. The number of carbonyl (C=O) groups is 1. The van der Waals surface area contributed by atoms with Gasteiger partial charge in [-0.15, -0.1) is 0 Å². The van der Waals surface area contributed by atoms with E-state index in [1.54, 1.807) is 0 Å². The van der Waals surface area contributed by atoms with Gasteiger partial charge in [-0.2, -0.15) is 5.06 Å². The van der Waals surface area contributed by atoms with Crippen molar-refractivity contribution >= 4 is 5.97 Å². The number of nitrogens with zero attached hydrogens (tertiary/aromatic N) is 1. The largest absolute Gasteiger partial charge is 0.465 e. The summed E-state index contributed by atoms with van der Waals surface area (Å²) in [7, 11) is 0. The van der Waals surface area contributed by atoms with Crippen molar-refractivity contribution in [2.24, 2.45) is 5.92 Å². The molecule has 1 aromatic carbocycles. The summed E-state index contributed by atoms with van der Waals surface area (Å²) in [6, 6.07) is 10.4. The molecule has 2 atom stereocenters. The molecule has 158 valence electrons. The second-order valence-electron chi connectivity index (χ2n) is 9.65. The summed E-state index contributed by atoms with van der Waals surface area (Å²) in [6.07, 6.45) is 5.57. The SMILES string of the molecule is CC(=O)OCC(CC(C)CCON1C(C)(C)CCCC1(C)C)c1ccccc1. The topological polar surface area (TPSA) is 38.8 Å². The maximum Gasteiger partial charge on any atom is 0.302 e. The van der Waals surface area contributed by atoms with Crippen LogP contribution in [0.2, 0.25) is 0 Å². The number of benzene rings is 1. The summed E-state index contributed by atoms with van der Waals surface area (Å²) in [5.74, 6) is 0.492. The first-order valence-corrected chi connectivity index (χ1v) is 10.7. The zero-order valence-corrected chi connectivity index (χ0v) is 18.7. The highest BCUT2D eigenvalue weighted by Gasteiger charge is 2.42. The number of ether oxygens (including phenoxy) is 1. The van der Waals surface area contributed by atoms with Crippen LogP contribution >= 0.6 is 0 Å². The fourth-order valence-corrected chi connectivity index (χ4v) is 4.52. The van der Waals surface area contributed by atoms with Crippen molar-refractivity contribution < 1.29 is 14.4 Å². The Morgan fingerprint density at radius 1 is 1.11 bits per heavy atom. The standard InChI is InChI=1S/C24H39NO3/c1-19(13-16-28-25-23(3,4)14-10-15-24(25,5)6)17-22(18-27-20(2)26)21-11-8-7-9-12-21/h7-9,11-12,19,22H,10,13-18H2,1-6H3. The summed E-state index contributed by atoms with van der Waals surface area (Å²) in [6.45, 7) is 14.0. The summed E-state index contributed by atoms with van der Waals surface area (Å²) >= 11 is 0. The monoisotopic (exact) mass is 389 g/mol. The highest BCUT2D eigenvalue weighted by molar-refractivity contribution is 5.65. The second-order valence-corrected chi connectivity index (χ2v) is 9.65. The third kappa shape index (κ3) is 6.59. The molecule has 4 heteroatoms. The molecule has 0 aliphatic carbocycles. The number of hydroxylamine groups is 2. The van der Waals surface area contributed by atoms with Crippen molar-refractivity contribution in [3.63, 3.8) is 0 Å². The van der Waals surface area contributed by atoms with Crippen LogP contribution in [0.5, 0.6) is 0 Å². The molecule has 1 fully saturated rings. The van der Waals surface area contributed by atoms with Crippen LogP contribution in [0.3, 0.4) is 0 Å². The van der Waals surface area contributed by atoms with E-state index in [-0.39, 0.29) is 23.0 Å². The van der Waals surface area contributed by atoms with Gasteiger partial charge >= 0.3 is 5.97 Å². The highest BCUT2D eigenvalue weighted by atomic mass is 16.7. The van der Waals surface area contributed by atoms with E-state index in [1.807, 2.05) is 18.2 Å². The molecule has 0 radical (unpaired) electrons. The van der Waals surface area contributed by atoms with Crippen molar-refractivity contribution in [3.05, 3.63) is 35.9 Å². The third-order valence-electron chi connectivity index (χ3n) is 5.95. The van der Waals surface area contributed by atoms with Crippen LogP contribution in [0.4, 0.5) is 0 Å². The lowest BCUT2D eigenvalue weighted by Gasteiger charge is -2.51. The Balaban J connectivity index is 1.90. The number of esters is 1. The van der Waals surface area contributed by atoms with Gasteiger partial charge < -0.3 is 4.74 Å². The zero-order valence-electron chi connectivity index (χ0n) is 18.7. The normalized spacial score (nSPS) is 21.1. The van der Waals surface area contributed by atoms with Gasteiger partial charge in [-0.3, -0.25) is 9.63 Å². The van der Waals surface area contributed by atoms with Crippen molar-refractivity contribution in [1.29, 1.82) is 0 Å². The molecule has 4 nitrogen and oxygen atoms in total. The van der Waals surface area contributed by atoms with E-state index < -0.39 is 0 Å². The summed E-state index contributed by atoms with van der Waals surface area (Å²) in [5, 5.41) is 2.24. The number of hydrogen-bond donors (Lipinski definition) is 0. The molecule has 0 N–H and O–H groups in total. The number of hydrogen-bond acceptors (Lipinski definition) is 4. The van der Waals surface area contributed by atoms with Crippen LogP contribution in [0.15, 0.2) is 30.3 Å². The summed E-state index contributed by atoms with van der Waals surface area (Å²) in [4.78, 5) is 17.6. The van der Waals surface area contributed by atoms with E-state index in [2.05, 4.69) is 51.8 Å². The third-order valence-corrected chi connectivity index (χ3v) is 5.95. The molecule has 1 aliphatic rings. The molecule has 1 saturated heterocycles. The van der Waals surface area contributed by atoms with Crippen LogP contribution < -0.4 is 0 Å². The Hall–Kier alpha value is -1.39. The second kappa shape index (κ2) is 9.89. The number of rotatable bonds is 9.